The minimum atomic E-state index is -0.178. The van der Waals surface area contributed by atoms with Crippen molar-refractivity contribution in [2.24, 2.45) is 0 Å². The molecule has 0 aliphatic carbocycles. The maximum atomic E-state index is 12.5. The van der Waals surface area contributed by atoms with Crippen LogP contribution in [0.3, 0.4) is 0 Å². The highest BCUT2D eigenvalue weighted by Crippen LogP contribution is 2.27. The second kappa shape index (κ2) is 7.63. The van der Waals surface area contributed by atoms with Gasteiger partial charge < -0.3 is 20.4 Å². The van der Waals surface area contributed by atoms with Crippen molar-refractivity contribution >= 4 is 34.1 Å². The number of nitrogens with zero attached hydrogens (tertiary/aromatic N) is 2. The number of hydrogen-bond acceptors (Lipinski definition) is 5. The van der Waals surface area contributed by atoms with Gasteiger partial charge in [0.1, 0.15) is 23.5 Å². The lowest BCUT2D eigenvalue weighted by Gasteiger charge is -2.09. The third-order valence-electron chi connectivity index (χ3n) is 4.85. The van der Waals surface area contributed by atoms with Crippen LogP contribution >= 0.6 is 0 Å². The molecule has 4 rings (SSSR count). The molecule has 4 aromatic rings. The number of aromatic amines is 1. The van der Waals surface area contributed by atoms with Gasteiger partial charge in [-0.05, 0) is 67.9 Å². The summed E-state index contributed by atoms with van der Waals surface area (Å²) in [5.41, 5.74) is 5.08. The summed E-state index contributed by atoms with van der Waals surface area (Å²) < 4.78 is 5.13. The summed E-state index contributed by atoms with van der Waals surface area (Å²) in [7, 11) is 1.61. The standard InChI is InChI=1S/C22H21N5O2/c1-13-14(2)25-20-19(13)21(24-12-23-20)26-16-6-4-15(5-7-16)22(28)27-17-8-10-18(29-3)11-9-17/h4-12H,1-3H3,(H,27,28)(H2,23,24,25,26). The molecule has 0 spiro atoms. The Bertz CT molecular complexity index is 1160. The summed E-state index contributed by atoms with van der Waals surface area (Å²) in [5, 5.41) is 7.15. The Morgan fingerprint density at radius 2 is 1.66 bits per heavy atom. The number of aromatic nitrogens is 3. The molecule has 0 aliphatic heterocycles. The number of rotatable bonds is 5. The first-order chi connectivity index (χ1) is 14.0. The van der Waals surface area contributed by atoms with Crippen LogP contribution in [0, 0.1) is 13.8 Å². The van der Waals surface area contributed by atoms with Crippen molar-refractivity contribution in [2.45, 2.75) is 13.8 Å². The van der Waals surface area contributed by atoms with E-state index in [1.165, 1.54) is 6.33 Å². The lowest BCUT2D eigenvalue weighted by atomic mass is 10.1. The molecule has 0 unspecified atom stereocenters. The fraction of sp³-hybridized carbons (Fsp3) is 0.136. The number of benzene rings is 2. The number of ether oxygens (including phenoxy) is 1. The largest absolute Gasteiger partial charge is 0.497 e. The van der Waals surface area contributed by atoms with E-state index in [4.69, 9.17) is 4.74 Å². The van der Waals surface area contributed by atoms with Gasteiger partial charge in [0.05, 0.1) is 12.5 Å². The predicted molar refractivity (Wildman–Crippen MR) is 114 cm³/mol. The molecule has 0 saturated carbocycles. The Labute approximate surface area is 168 Å². The molecule has 146 valence electrons. The molecule has 0 atom stereocenters. The average Bonchev–Trinajstić information content (AvgIpc) is 3.03. The van der Waals surface area contributed by atoms with Crippen LogP contribution in [0.1, 0.15) is 21.6 Å². The number of hydrogen-bond donors (Lipinski definition) is 3. The van der Waals surface area contributed by atoms with Crippen molar-refractivity contribution < 1.29 is 9.53 Å². The van der Waals surface area contributed by atoms with E-state index in [1.807, 2.05) is 26.0 Å². The van der Waals surface area contributed by atoms with Crippen LogP contribution in [-0.2, 0) is 0 Å². The number of carbonyl (C=O) groups excluding carboxylic acids is 1. The number of methoxy groups -OCH3 is 1. The van der Waals surface area contributed by atoms with Crippen LogP contribution in [0.4, 0.5) is 17.2 Å². The van der Waals surface area contributed by atoms with Crippen LogP contribution < -0.4 is 15.4 Å². The molecule has 1 amide bonds. The molecule has 7 heteroatoms. The molecule has 0 fully saturated rings. The normalized spacial score (nSPS) is 10.7. The molecule has 2 aromatic carbocycles. The van der Waals surface area contributed by atoms with Crippen molar-refractivity contribution in [1.29, 1.82) is 0 Å². The number of fused-ring (bicyclic) bond motifs is 1. The molecule has 0 aliphatic rings. The second-order valence-electron chi connectivity index (χ2n) is 6.71. The monoisotopic (exact) mass is 387 g/mol. The first-order valence-electron chi connectivity index (χ1n) is 9.17. The van der Waals surface area contributed by atoms with Gasteiger partial charge in [-0.25, -0.2) is 9.97 Å². The Morgan fingerprint density at radius 1 is 0.966 bits per heavy atom. The van der Waals surface area contributed by atoms with Gasteiger partial charge in [-0.2, -0.15) is 0 Å². The Balaban J connectivity index is 1.50. The number of aryl methyl sites for hydroxylation is 2. The van der Waals surface area contributed by atoms with E-state index in [2.05, 4.69) is 25.6 Å². The fourth-order valence-electron chi connectivity index (χ4n) is 3.11. The number of amides is 1. The Kier molecular flexibility index (Phi) is 4.87. The first-order valence-corrected chi connectivity index (χ1v) is 9.17. The molecule has 0 saturated heterocycles. The van der Waals surface area contributed by atoms with Crippen LogP contribution in [0.25, 0.3) is 11.0 Å². The second-order valence-corrected chi connectivity index (χ2v) is 6.71. The minimum absolute atomic E-state index is 0.178. The number of H-pyrrole nitrogens is 1. The average molecular weight is 387 g/mol. The summed E-state index contributed by atoms with van der Waals surface area (Å²) in [6.07, 6.45) is 1.52. The van der Waals surface area contributed by atoms with Crippen LogP contribution in [0.15, 0.2) is 54.9 Å². The van der Waals surface area contributed by atoms with Crippen molar-refractivity contribution in [1.82, 2.24) is 15.0 Å². The third-order valence-corrected chi connectivity index (χ3v) is 4.85. The zero-order valence-corrected chi connectivity index (χ0v) is 16.4. The Morgan fingerprint density at radius 3 is 2.34 bits per heavy atom. The van der Waals surface area contributed by atoms with E-state index in [1.54, 1.807) is 43.5 Å². The van der Waals surface area contributed by atoms with Crippen molar-refractivity contribution in [2.75, 3.05) is 17.7 Å². The topological polar surface area (TPSA) is 91.9 Å². The van der Waals surface area contributed by atoms with Crippen molar-refractivity contribution in [3.8, 4) is 5.75 Å². The van der Waals surface area contributed by atoms with E-state index in [0.717, 1.165) is 39.5 Å². The number of carbonyl (C=O) groups is 1. The highest BCUT2D eigenvalue weighted by atomic mass is 16.5. The zero-order chi connectivity index (χ0) is 20.4. The third kappa shape index (κ3) is 3.75. The van der Waals surface area contributed by atoms with E-state index < -0.39 is 0 Å². The number of nitrogens with one attached hydrogen (secondary N) is 3. The molecule has 0 radical (unpaired) electrons. The van der Waals surface area contributed by atoms with Crippen LogP contribution in [0.5, 0.6) is 5.75 Å². The lowest BCUT2D eigenvalue weighted by Crippen LogP contribution is -2.11. The molecular formula is C22H21N5O2. The van der Waals surface area contributed by atoms with Crippen molar-refractivity contribution in [3.05, 3.63) is 71.7 Å². The van der Waals surface area contributed by atoms with Gasteiger partial charge in [0.25, 0.3) is 5.91 Å². The summed E-state index contributed by atoms with van der Waals surface area (Å²) in [6.45, 7) is 4.05. The smallest absolute Gasteiger partial charge is 0.255 e. The molecule has 7 nitrogen and oxygen atoms in total. The summed E-state index contributed by atoms with van der Waals surface area (Å²) >= 11 is 0. The quantitative estimate of drug-likeness (QED) is 0.466. The lowest BCUT2D eigenvalue weighted by molar-refractivity contribution is 0.102. The van der Waals surface area contributed by atoms with Crippen LogP contribution in [0.2, 0.25) is 0 Å². The van der Waals surface area contributed by atoms with Crippen LogP contribution in [-0.4, -0.2) is 28.0 Å². The van der Waals surface area contributed by atoms with E-state index in [-0.39, 0.29) is 5.91 Å². The maximum Gasteiger partial charge on any atom is 0.255 e. The zero-order valence-electron chi connectivity index (χ0n) is 16.4. The number of anilines is 3. The Hall–Kier alpha value is -3.87. The molecule has 2 heterocycles. The van der Waals surface area contributed by atoms with E-state index in [0.29, 0.717) is 11.3 Å². The molecule has 0 bridgehead atoms. The predicted octanol–water partition coefficient (Wildman–Crippen LogP) is 4.58. The molecular weight excluding hydrogens is 366 g/mol. The molecule has 3 N–H and O–H groups in total. The summed E-state index contributed by atoms with van der Waals surface area (Å²) in [4.78, 5) is 24.4. The highest BCUT2D eigenvalue weighted by Gasteiger charge is 2.12. The van der Waals surface area contributed by atoms with E-state index >= 15 is 0 Å². The summed E-state index contributed by atoms with van der Waals surface area (Å²) in [6, 6.07) is 14.5. The van der Waals surface area contributed by atoms with Crippen molar-refractivity contribution in [3.63, 3.8) is 0 Å². The fourth-order valence-corrected chi connectivity index (χ4v) is 3.11. The van der Waals surface area contributed by atoms with Gasteiger partial charge in [-0.1, -0.05) is 0 Å². The van der Waals surface area contributed by atoms with Gasteiger partial charge >= 0.3 is 0 Å². The van der Waals surface area contributed by atoms with Gasteiger partial charge in [0.2, 0.25) is 0 Å². The van der Waals surface area contributed by atoms with Gasteiger partial charge in [0, 0.05) is 22.6 Å². The van der Waals surface area contributed by atoms with Gasteiger partial charge in [-0.3, -0.25) is 4.79 Å². The molecule has 2 aromatic heterocycles. The highest BCUT2D eigenvalue weighted by molar-refractivity contribution is 6.04. The van der Waals surface area contributed by atoms with Gasteiger partial charge in [-0.15, -0.1) is 0 Å². The maximum absolute atomic E-state index is 12.5. The first kappa shape index (κ1) is 18.5. The van der Waals surface area contributed by atoms with Gasteiger partial charge in [0.15, 0.2) is 0 Å². The molecule has 29 heavy (non-hydrogen) atoms. The summed E-state index contributed by atoms with van der Waals surface area (Å²) in [5.74, 6) is 1.29. The minimum Gasteiger partial charge on any atom is -0.497 e. The SMILES string of the molecule is COc1ccc(NC(=O)c2ccc(Nc3ncnc4[nH]c(C)c(C)c34)cc2)cc1. The van der Waals surface area contributed by atoms with E-state index in [9.17, 15) is 4.79 Å².